The van der Waals surface area contributed by atoms with Crippen molar-refractivity contribution in [2.45, 2.75) is 49.4 Å². The zero-order valence-corrected chi connectivity index (χ0v) is 10.3. The molecule has 2 aliphatic heterocycles. The molecular weight excluding hydrogens is 226 g/mol. The van der Waals surface area contributed by atoms with Crippen molar-refractivity contribution in [2.75, 3.05) is 6.26 Å². The fourth-order valence-electron chi connectivity index (χ4n) is 3.01. The third-order valence-electron chi connectivity index (χ3n) is 3.80. The first-order valence-electron chi connectivity index (χ1n) is 5.66. The number of hydrogen-bond acceptors (Lipinski definition) is 3. The average molecular weight is 243 g/mol. The molecular formula is C11H17NO3S. The predicted octanol–water partition coefficient (Wildman–Crippen LogP) is 1.70. The van der Waals surface area contributed by atoms with Gasteiger partial charge in [0.15, 0.2) is 0 Å². The van der Waals surface area contributed by atoms with Crippen LogP contribution in [-0.4, -0.2) is 39.1 Å². The molecule has 0 aromatic heterocycles. The van der Waals surface area contributed by atoms with Crippen LogP contribution in [0.1, 0.15) is 38.5 Å². The first-order valence-corrected chi connectivity index (χ1v) is 6.95. The molecule has 0 radical (unpaired) electrons. The zero-order valence-electron chi connectivity index (χ0n) is 9.44. The van der Waals surface area contributed by atoms with Gasteiger partial charge in [0.25, 0.3) is 0 Å². The minimum absolute atomic E-state index is 0.136. The topological polar surface area (TPSA) is 57.6 Å². The summed E-state index contributed by atoms with van der Waals surface area (Å²) in [6.07, 6.45) is 6.22. The first kappa shape index (κ1) is 11.8. The molecule has 4 nitrogen and oxygen atoms in total. The third kappa shape index (κ3) is 1.81. The van der Waals surface area contributed by atoms with E-state index in [1.165, 1.54) is 0 Å². The number of rotatable bonds is 4. The average Bonchev–Trinajstić information content (AvgIpc) is 2.75. The highest BCUT2D eigenvalue weighted by atomic mass is 32.2. The van der Waals surface area contributed by atoms with Crippen molar-refractivity contribution in [3.05, 3.63) is 0 Å². The Morgan fingerprint density at radius 3 is 3.00 bits per heavy atom. The van der Waals surface area contributed by atoms with Crippen LogP contribution in [0.2, 0.25) is 0 Å². The van der Waals surface area contributed by atoms with Gasteiger partial charge in [-0.2, -0.15) is 0 Å². The quantitative estimate of drug-likeness (QED) is 0.816. The highest BCUT2D eigenvalue weighted by molar-refractivity contribution is 7.99. The Balaban J connectivity index is 2.13. The van der Waals surface area contributed by atoms with Gasteiger partial charge < -0.3 is 10.0 Å². The van der Waals surface area contributed by atoms with Crippen LogP contribution < -0.4 is 0 Å². The molecule has 0 aromatic carbocycles. The van der Waals surface area contributed by atoms with Crippen LogP contribution >= 0.6 is 11.8 Å². The van der Waals surface area contributed by atoms with Crippen molar-refractivity contribution in [1.82, 2.24) is 4.90 Å². The summed E-state index contributed by atoms with van der Waals surface area (Å²) in [6.45, 7) is 0. The lowest BCUT2D eigenvalue weighted by Crippen LogP contribution is -2.43. The predicted molar refractivity (Wildman–Crippen MR) is 62.2 cm³/mol. The molecule has 2 aliphatic rings. The molecule has 0 aliphatic carbocycles. The number of thioether (sulfide) groups is 1. The molecule has 2 unspecified atom stereocenters. The van der Waals surface area contributed by atoms with Crippen molar-refractivity contribution < 1.29 is 14.7 Å². The highest BCUT2D eigenvalue weighted by Crippen LogP contribution is 2.48. The zero-order chi connectivity index (χ0) is 11.8. The second kappa shape index (κ2) is 4.28. The normalized spacial score (nSPS) is 33.2. The van der Waals surface area contributed by atoms with Crippen molar-refractivity contribution in [1.29, 1.82) is 0 Å². The molecule has 90 valence electrons. The molecule has 0 bridgehead atoms. The molecule has 2 rings (SSSR count). The van der Waals surface area contributed by atoms with E-state index in [0.29, 0.717) is 12.8 Å². The number of carboxylic acid groups (broad SMARTS) is 1. The van der Waals surface area contributed by atoms with Gasteiger partial charge in [0.1, 0.15) is 0 Å². The number of nitrogens with zero attached hydrogens (tertiary/aromatic N) is 1. The first-order chi connectivity index (χ1) is 7.59. The number of amides is 1. The van der Waals surface area contributed by atoms with Crippen molar-refractivity contribution in [2.24, 2.45) is 0 Å². The monoisotopic (exact) mass is 243 g/mol. The van der Waals surface area contributed by atoms with E-state index in [9.17, 15) is 9.59 Å². The van der Waals surface area contributed by atoms with Gasteiger partial charge in [0, 0.05) is 18.4 Å². The maximum Gasteiger partial charge on any atom is 0.303 e. The van der Waals surface area contributed by atoms with Gasteiger partial charge in [-0.05, 0) is 31.9 Å². The molecule has 5 heteroatoms. The minimum Gasteiger partial charge on any atom is -0.481 e. The van der Waals surface area contributed by atoms with E-state index in [-0.39, 0.29) is 23.2 Å². The Morgan fingerprint density at radius 2 is 2.38 bits per heavy atom. The summed E-state index contributed by atoms with van der Waals surface area (Å²) in [6, 6.07) is 0. The van der Waals surface area contributed by atoms with Gasteiger partial charge in [-0.15, -0.1) is 11.8 Å². The number of aliphatic carboxylic acids is 1. The molecule has 2 heterocycles. The number of fused-ring (bicyclic) bond motifs is 1. The maximum absolute atomic E-state index is 11.8. The fourth-order valence-corrected chi connectivity index (χ4v) is 3.92. The van der Waals surface area contributed by atoms with Gasteiger partial charge >= 0.3 is 5.97 Å². The summed E-state index contributed by atoms with van der Waals surface area (Å²) in [5, 5.41) is 9.04. The van der Waals surface area contributed by atoms with E-state index in [1.54, 1.807) is 11.8 Å². The van der Waals surface area contributed by atoms with Crippen molar-refractivity contribution in [3.8, 4) is 0 Å². The van der Waals surface area contributed by atoms with Gasteiger partial charge in [0.05, 0.1) is 5.37 Å². The lowest BCUT2D eigenvalue weighted by atomic mass is 9.89. The highest BCUT2D eigenvalue weighted by Gasteiger charge is 2.52. The molecule has 16 heavy (non-hydrogen) atoms. The number of hydrogen-bond donors (Lipinski definition) is 1. The maximum atomic E-state index is 11.8. The van der Waals surface area contributed by atoms with Crippen LogP contribution in [0, 0.1) is 0 Å². The summed E-state index contributed by atoms with van der Waals surface area (Å²) < 4.78 is 0. The smallest absolute Gasteiger partial charge is 0.303 e. The fraction of sp³-hybridized carbons (Fsp3) is 0.818. The minimum atomic E-state index is -0.763. The molecule has 1 amide bonds. The summed E-state index contributed by atoms with van der Waals surface area (Å²) in [7, 11) is 0. The lowest BCUT2D eigenvalue weighted by Gasteiger charge is -2.34. The van der Waals surface area contributed by atoms with Crippen molar-refractivity contribution >= 4 is 23.6 Å². The van der Waals surface area contributed by atoms with Crippen LogP contribution in [0.15, 0.2) is 0 Å². The van der Waals surface area contributed by atoms with Crippen LogP contribution in [0.5, 0.6) is 0 Å². The van der Waals surface area contributed by atoms with E-state index in [4.69, 9.17) is 5.11 Å². The lowest BCUT2D eigenvalue weighted by molar-refractivity contribution is -0.138. The molecule has 0 spiro atoms. The Morgan fingerprint density at radius 1 is 1.62 bits per heavy atom. The van der Waals surface area contributed by atoms with Crippen LogP contribution in [0.3, 0.4) is 0 Å². The van der Waals surface area contributed by atoms with E-state index in [0.717, 1.165) is 19.3 Å². The molecule has 2 atom stereocenters. The number of carboxylic acids is 1. The standard InChI is InChI=1S/C11H17NO3S/c1-16-9-3-6-11(7-4-10(14)15)5-2-8(13)12(9)11/h9H,2-7H2,1H3,(H,14,15). The van der Waals surface area contributed by atoms with E-state index in [2.05, 4.69) is 0 Å². The largest absolute Gasteiger partial charge is 0.481 e. The van der Waals surface area contributed by atoms with Crippen molar-refractivity contribution in [3.63, 3.8) is 0 Å². The Kier molecular flexibility index (Phi) is 3.15. The third-order valence-corrected chi connectivity index (χ3v) is 4.80. The Hall–Kier alpha value is -0.710. The van der Waals surface area contributed by atoms with Gasteiger partial charge in [-0.25, -0.2) is 0 Å². The van der Waals surface area contributed by atoms with Gasteiger partial charge in [-0.3, -0.25) is 9.59 Å². The molecule has 2 fully saturated rings. The van der Waals surface area contributed by atoms with E-state index < -0.39 is 5.97 Å². The summed E-state index contributed by atoms with van der Waals surface area (Å²) >= 11 is 1.70. The summed E-state index contributed by atoms with van der Waals surface area (Å²) in [4.78, 5) is 24.5. The number of carbonyl (C=O) groups excluding carboxylic acids is 1. The molecule has 0 aromatic rings. The second-order valence-corrected chi connectivity index (χ2v) is 5.63. The van der Waals surface area contributed by atoms with Crippen LogP contribution in [0.25, 0.3) is 0 Å². The Labute approximate surface area is 99.4 Å². The van der Waals surface area contributed by atoms with E-state index >= 15 is 0 Å². The SMILES string of the molecule is CSC1CCC2(CCC(=O)O)CCC(=O)N12. The second-order valence-electron chi connectivity index (χ2n) is 4.61. The summed E-state index contributed by atoms with van der Waals surface area (Å²) in [5.41, 5.74) is -0.136. The summed E-state index contributed by atoms with van der Waals surface area (Å²) in [5.74, 6) is -0.552. The van der Waals surface area contributed by atoms with Crippen LogP contribution in [0.4, 0.5) is 0 Å². The van der Waals surface area contributed by atoms with Gasteiger partial charge in [0.2, 0.25) is 5.91 Å². The Bertz CT molecular complexity index is 320. The molecule has 2 saturated heterocycles. The van der Waals surface area contributed by atoms with E-state index in [1.807, 2.05) is 11.2 Å². The van der Waals surface area contributed by atoms with Gasteiger partial charge in [-0.1, -0.05) is 0 Å². The number of carbonyl (C=O) groups is 2. The van der Waals surface area contributed by atoms with Crippen LogP contribution in [-0.2, 0) is 9.59 Å². The molecule has 1 N–H and O–H groups in total. The molecule has 0 saturated carbocycles.